The van der Waals surface area contributed by atoms with Gasteiger partial charge in [0.25, 0.3) is 5.91 Å². The van der Waals surface area contributed by atoms with Crippen LogP contribution in [0.1, 0.15) is 0 Å². The zero-order valence-electron chi connectivity index (χ0n) is 10.3. The van der Waals surface area contributed by atoms with Gasteiger partial charge >= 0.3 is 5.97 Å². The Morgan fingerprint density at radius 1 is 1.42 bits per heavy atom. The Bertz CT molecular complexity index is 552. The third-order valence-corrected chi connectivity index (χ3v) is 3.67. The zero-order chi connectivity index (χ0) is 13.6. The maximum absolute atomic E-state index is 12.3. The second kappa shape index (κ2) is 3.96. The van der Waals surface area contributed by atoms with Gasteiger partial charge in [0.2, 0.25) is 0 Å². The number of benzene rings is 1. The van der Waals surface area contributed by atoms with Gasteiger partial charge in [-0.3, -0.25) is 9.59 Å². The topological polar surface area (TPSA) is 76.1 Å². The van der Waals surface area contributed by atoms with E-state index >= 15 is 0 Å². The fourth-order valence-corrected chi connectivity index (χ4v) is 2.36. The molecule has 1 atom stereocenters. The number of carbonyl (C=O) groups excluding carboxylic acids is 1. The number of carboxylic acids is 1. The number of carboxylic acid groups (broad SMARTS) is 1. The SMILES string of the molecule is CN1C(=O)C(C2(C(=O)O)COC2)Oc2ccccc21. The molecule has 0 saturated carbocycles. The van der Waals surface area contributed by atoms with Gasteiger partial charge in [0.1, 0.15) is 5.75 Å². The molecule has 2 aliphatic heterocycles. The molecule has 0 radical (unpaired) electrons. The highest BCUT2D eigenvalue weighted by Gasteiger charge is 2.59. The van der Waals surface area contributed by atoms with E-state index in [0.29, 0.717) is 11.4 Å². The second-order valence-corrected chi connectivity index (χ2v) is 4.82. The summed E-state index contributed by atoms with van der Waals surface area (Å²) >= 11 is 0. The van der Waals surface area contributed by atoms with E-state index in [9.17, 15) is 14.7 Å². The minimum Gasteiger partial charge on any atom is -0.481 e. The number of likely N-dealkylation sites (N-methyl/N-ethyl adjacent to an activating group) is 1. The molecule has 6 heteroatoms. The molecule has 100 valence electrons. The summed E-state index contributed by atoms with van der Waals surface area (Å²) in [5.41, 5.74) is -0.636. The highest BCUT2D eigenvalue weighted by molar-refractivity contribution is 6.02. The molecule has 2 aliphatic rings. The van der Waals surface area contributed by atoms with Crippen LogP contribution >= 0.6 is 0 Å². The first-order valence-corrected chi connectivity index (χ1v) is 5.91. The molecule has 1 fully saturated rings. The minimum atomic E-state index is -1.28. The van der Waals surface area contributed by atoms with Gasteiger partial charge in [-0.1, -0.05) is 12.1 Å². The van der Waals surface area contributed by atoms with Crippen molar-refractivity contribution in [1.82, 2.24) is 0 Å². The molecule has 1 unspecified atom stereocenters. The highest BCUT2D eigenvalue weighted by atomic mass is 16.5. The molecule has 1 aromatic carbocycles. The van der Waals surface area contributed by atoms with Crippen LogP contribution in [0.3, 0.4) is 0 Å². The number of rotatable bonds is 2. The van der Waals surface area contributed by atoms with Crippen molar-refractivity contribution in [2.45, 2.75) is 6.10 Å². The lowest BCUT2D eigenvalue weighted by molar-refractivity contribution is -0.200. The van der Waals surface area contributed by atoms with Crippen molar-refractivity contribution in [1.29, 1.82) is 0 Å². The molecule has 6 nitrogen and oxygen atoms in total. The maximum Gasteiger partial charge on any atom is 0.318 e. The number of anilines is 1. The molecule has 1 amide bonds. The Hall–Kier alpha value is -2.08. The summed E-state index contributed by atoms with van der Waals surface area (Å²) in [6.07, 6.45) is -1.04. The summed E-state index contributed by atoms with van der Waals surface area (Å²) < 4.78 is 10.6. The quantitative estimate of drug-likeness (QED) is 0.841. The predicted molar refractivity (Wildman–Crippen MR) is 65.2 cm³/mol. The molecule has 3 rings (SSSR count). The van der Waals surface area contributed by atoms with E-state index in [1.807, 2.05) is 0 Å². The van der Waals surface area contributed by atoms with E-state index < -0.39 is 17.5 Å². The molecular formula is C13H13NO5. The minimum absolute atomic E-state index is 0.00521. The van der Waals surface area contributed by atoms with Crippen molar-refractivity contribution in [3.8, 4) is 5.75 Å². The van der Waals surface area contributed by atoms with Gasteiger partial charge < -0.3 is 19.5 Å². The Labute approximate surface area is 109 Å². The summed E-state index contributed by atoms with van der Waals surface area (Å²) in [6.45, 7) is -0.0104. The monoisotopic (exact) mass is 263 g/mol. The number of fused-ring (bicyclic) bond motifs is 1. The molecule has 0 aromatic heterocycles. The number of amides is 1. The second-order valence-electron chi connectivity index (χ2n) is 4.82. The van der Waals surface area contributed by atoms with Crippen LogP contribution in [-0.4, -0.2) is 43.3 Å². The van der Waals surface area contributed by atoms with Crippen molar-refractivity contribution in [3.63, 3.8) is 0 Å². The van der Waals surface area contributed by atoms with E-state index in [1.165, 1.54) is 4.90 Å². The van der Waals surface area contributed by atoms with Gasteiger partial charge in [-0.25, -0.2) is 0 Å². The number of hydrogen-bond donors (Lipinski definition) is 1. The zero-order valence-corrected chi connectivity index (χ0v) is 10.3. The maximum atomic E-state index is 12.3. The Morgan fingerprint density at radius 3 is 2.68 bits per heavy atom. The first kappa shape index (κ1) is 12.0. The van der Waals surface area contributed by atoms with Gasteiger partial charge in [0, 0.05) is 7.05 Å². The standard InChI is InChI=1S/C13H13NO5/c1-14-8-4-2-3-5-9(8)19-10(11(14)15)13(12(16)17)6-18-7-13/h2-5,10H,6-7H2,1H3,(H,16,17). The number of nitrogens with zero attached hydrogens (tertiary/aromatic N) is 1. The molecule has 0 bridgehead atoms. The normalized spacial score (nSPS) is 24.2. The van der Waals surface area contributed by atoms with Gasteiger partial charge in [0.05, 0.1) is 18.9 Å². The van der Waals surface area contributed by atoms with Crippen molar-refractivity contribution in [2.24, 2.45) is 5.41 Å². The number of ether oxygens (including phenoxy) is 2. The average Bonchev–Trinajstić information content (AvgIpc) is 2.33. The number of carbonyl (C=O) groups is 2. The summed E-state index contributed by atoms with van der Waals surface area (Å²) in [5.74, 6) is -0.906. The third-order valence-electron chi connectivity index (χ3n) is 3.67. The lowest BCUT2D eigenvalue weighted by atomic mass is 9.78. The van der Waals surface area contributed by atoms with E-state index in [1.54, 1.807) is 31.3 Å². The Morgan fingerprint density at radius 2 is 2.11 bits per heavy atom. The van der Waals surface area contributed by atoms with Crippen molar-refractivity contribution in [3.05, 3.63) is 24.3 Å². The van der Waals surface area contributed by atoms with Crippen LogP contribution in [0.15, 0.2) is 24.3 Å². The van der Waals surface area contributed by atoms with Crippen LogP contribution in [0.4, 0.5) is 5.69 Å². The van der Waals surface area contributed by atoms with E-state index in [4.69, 9.17) is 9.47 Å². The van der Waals surface area contributed by atoms with Gasteiger partial charge in [0.15, 0.2) is 11.5 Å². The molecule has 2 heterocycles. The fraction of sp³-hybridized carbons (Fsp3) is 0.385. The van der Waals surface area contributed by atoms with Crippen LogP contribution < -0.4 is 9.64 Å². The first-order valence-electron chi connectivity index (χ1n) is 5.91. The van der Waals surface area contributed by atoms with Crippen LogP contribution in [0, 0.1) is 5.41 Å². The molecule has 0 aliphatic carbocycles. The van der Waals surface area contributed by atoms with Crippen LogP contribution in [0.2, 0.25) is 0 Å². The van der Waals surface area contributed by atoms with E-state index in [-0.39, 0.29) is 19.1 Å². The molecule has 1 N–H and O–H groups in total. The van der Waals surface area contributed by atoms with E-state index in [2.05, 4.69) is 0 Å². The third kappa shape index (κ3) is 1.53. The van der Waals surface area contributed by atoms with Crippen LogP contribution in [0.5, 0.6) is 5.75 Å². The lowest BCUT2D eigenvalue weighted by Crippen LogP contribution is -2.64. The number of hydrogen-bond acceptors (Lipinski definition) is 4. The number of aliphatic carboxylic acids is 1. The largest absolute Gasteiger partial charge is 0.481 e. The van der Waals surface area contributed by atoms with Gasteiger partial charge in [-0.2, -0.15) is 0 Å². The molecular weight excluding hydrogens is 250 g/mol. The smallest absolute Gasteiger partial charge is 0.318 e. The summed E-state index contributed by atoms with van der Waals surface area (Å²) in [4.78, 5) is 25.2. The average molecular weight is 263 g/mol. The predicted octanol–water partition coefficient (Wildman–Crippen LogP) is 0.512. The van der Waals surface area contributed by atoms with Crippen LogP contribution in [0.25, 0.3) is 0 Å². The van der Waals surface area contributed by atoms with Gasteiger partial charge in [-0.05, 0) is 12.1 Å². The van der Waals surface area contributed by atoms with E-state index in [0.717, 1.165) is 0 Å². The Balaban J connectivity index is 2.02. The molecule has 1 saturated heterocycles. The number of para-hydroxylation sites is 2. The summed E-state index contributed by atoms with van der Waals surface area (Å²) in [6, 6.07) is 7.06. The van der Waals surface area contributed by atoms with Crippen molar-refractivity contribution >= 4 is 17.6 Å². The van der Waals surface area contributed by atoms with Crippen molar-refractivity contribution in [2.75, 3.05) is 25.2 Å². The summed E-state index contributed by atoms with van der Waals surface area (Å²) in [7, 11) is 1.62. The summed E-state index contributed by atoms with van der Waals surface area (Å²) in [5, 5.41) is 9.36. The highest BCUT2D eigenvalue weighted by Crippen LogP contribution is 2.41. The molecule has 0 spiro atoms. The van der Waals surface area contributed by atoms with Crippen LogP contribution in [-0.2, 0) is 14.3 Å². The Kier molecular flexibility index (Phi) is 2.50. The van der Waals surface area contributed by atoms with Gasteiger partial charge in [-0.15, -0.1) is 0 Å². The fourth-order valence-electron chi connectivity index (χ4n) is 2.36. The van der Waals surface area contributed by atoms with Crippen molar-refractivity contribution < 1.29 is 24.2 Å². The molecule has 19 heavy (non-hydrogen) atoms. The molecule has 1 aromatic rings. The lowest BCUT2D eigenvalue weighted by Gasteiger charge is -2.45. The first-order chi connectivity index (χ1) is 9.06.